The van der Waals surface area contributed by atoms with Crippen LogP contribution in [0.1, 0.15) is 63.7 Å². The predicted molar refractivity (Wildman–Crippen MR) is 115 cm³/mol. The summed E-state index contributed by atoms with van der Waals surface area (Å²) < 4.78 is 10.1. The summed E-state index contributed by atoms with van der Waals surface area (Å²) in [5.41, 5.74) is -0.175. The number of carbonyl (C=O) groups excluding carboxylic acids is 4. The highest BCUT2D eigenvalue weighted by atomic mass is 16.6. The van der Waals surface area contributed by atoms with Crippen LogP contribution in [0.25, 0.3) is 0 Å². The largest absolute Gasteiger partial charge is 0.452 e. The normalized spacial score (nSPS) is 18.5. The number of hydrogen-bond acceptors (Lipinski definition) is 6. The maximum Gasteiger partial charge on any atom is 0.412 e. The first-order valence-corrected chi connectivity index (χ1v) is 10.4. The first-order valence-electron chi connectivity index (χ1n) is 10.4. The SMILES string of the molecule is CC1CCCCC1NC(=O)NC(=O)COC(=O)c1cccc(NC(=O)OC(C)(C)C)c1. The Bertz CT molecular complexity index is 818. The van der Waals surface area contributed by atoms with Gasteiger partial charge in [0.15, 0.2) is 6.61 Å². The molecule has 2 unspecified atom stereocenters. The van der Waals surface area contributed by atoms with E-state index in [-0.39, 0.29) is 11.6 Å². The fourth-order valence-corrected chi connectivity index (χ4v) is 3.26. The van der Waals surface area contributed by atoms with Crippen molar-refractivity contribution in [3.05, 3.63) is 29.8 Å². The van der Waals surface area contributed by atoms with Crippen LogP contribution in [0.4, 0.5) is 15.3 Å². The zero-order chi connectivity index (χ0) is 23.0. The lowest BCUT2D eigenvalue weighted by molar-refractivity contribution is -0.123. The summed E-state index contributed by atoms with van der Waals surface area (Å²) in [6.45, 7) is 6.68. The van der Waals surface area contributed by atoms with E-state index in [4.69, 9.17) is 9.47 Å². The van der Waals surface area contributed by atoms with E-state index in [1.54, 1.807) is 32.9 Å². The minimum Gasteiger partial charge on any atom is -0.452 e. The minimum atomic E-state index is -0.760. The molecule has 31 heavy (non-hydrogen) atoms. The molecule has 2 atom stereocenters. The number of imide groups is 1. The van der Waals surface area contributed by atoms with Gasteiger partial charge >= 0.3 is 18.1 Å². The molecule has 0 heterocycles. The Morgan fingerprint density at radius 2 is 1.81 bits per heavy atom. The number of nitrogens with one attached hydrogen (secondary N) is 3. The van der Waals surface area contributed by atoms with Crippen molar-refractivity contribution in [3.63, 3.8) is 0 Å². The van der Waals surface area contributed by atoms with Crippen LogP contribution in [0, 0.1) is 5.92 Å². The molecule has 1 aromatic rings. The number of anilines is 1. The fourth-order valence-electron chi connectivity index (χ4n) is 3.26. The van der Waals surface area contributed by atoms with Crippen molar-refractivity contribution in [1.82, 2.24) is 10.6 Å². The van der Waals surface area contributed by atoms with Crippen LogP contribution >= 0.6 is 0 Å². The van der Waals surface area contributed by atoms with Crippen LogP contribution in [-0.4, -0.2) is 42.3 Å². The van der Waals surface area contributed by atoms with Gasteiger partial charge in [0.25, 0.3) is 5.91 Å². The number of benzene rings is 1. The lowest BCUT2D eigenvalue weighted by atomic mass is 9.86. The van der Waals surface area contributed by atoms with Crippen molar-refractivity contribution in [2.24, 2.45) is 5.92 Å². The summed E-state index contributed by atoms with van der Waals surface area (Å²) in [5.74, 6) is -1.13. The van der Waals surface area contributed by atoms with Crippen molar-refractivity contribution in [3.8, 4) is 0 Å². The Kier molecular flexibility index (Phi) is 8.41. The third kappa shape index (κ3) is 8.65. The second-order valence-electron chi connectivity index (χ2n) is 8.67. The third-order valence-corrected chi connectivity index (χ3v) is 4.76. The van der Waals surface area contributed by atoms with E-state index in [0.717, 1.165) is 25.7 Å². The fraction of sp³-hybridized carbons (Fsp3) is 0.545. The molecular weight excluding hydrogens is 402 g/mol. The molecule has 170 valence electrons. The van der Waals surface area contributed by atoms with E-state index >= 15 is 0 Å². The van der Waals surface area contributed by atoms with Crippen molar-refractivity contribution < 1.29 is 28.7 Å². The van der Waals surface area contributed by atoms with Gasteiger partial charge in [0.1, 0.15) is 5.60 Å². The number of rotatable bonds is 5. The molecule has 2 rings (SSSR count). The van der Waals surface area contributed by atoms with Crippen molar-refractivity contribution >= 4 is 29.7 Å². The van der Waals surface area contributed by atoms with E-state index in [1.807, 2.05) is 0 Å². The highest BCUT2D eigenvalue weighted by Gasteiger charge is 2.23. The molecular formula is C22H31N3O6. The number of esters is 1. The van der Waals surface area contributed by atoms with Gasteiger partial charge < -0.3 is 14.8 Å². The monoisotopic (exact) mass is 433 g/mol. The van der Waals surface area contributed by atoms with E-state index in [2.05, 4.69) is 22.9 Å². The molecule has 1 aromatic carbocycles. The van der Waals surface area contributed by atoms with Crippen LogP contribution in [0.15, 0.2) is 24.3 Å². The van der Waals surface area contributed by atoms with Crippen LogP contribution in [0.5, 0.6) is 0 Å². The smallest absolute Gasteiger partial charge is 0.412 e. The zero-order valence-corrected chi connectivity index (χ0v) is 18.4. The Balaban J connectivity index is 1.80. The summed E-state index contributed by atoms with van der Waals surface area (Å²) in [7, 11) is 0. The van der Waals surface area contributed by atoms with Gasteiger partial charge in [0.2, 0.25) is 0 Å². The molecule has 1 aliphatic rings. The van der Waals surface area contributed by atoms with E-state index < -0.39 is 36.2 Å². The molecule has 9 heteroatoms. The molecule has 0 radical (unpaired) electrons. The molecule has 0 aromatic heterocycles. The first-order chi connectivity index (χ1) is 14.5. The second kappa shape index (κ2) is 10.8. The van der Waals surface area contributed by atoms with Gasteiger partial charge in [-0.3, -0.25) is 15.4 Å². The molecule has 4 amide bonds. The Morgan fingerprint density at radius 1 is 1.10 bits per heavy atom. The third-order valence-electron chi connectivity index (χ3n) is 4.76. The van der Waals surface area contributed by atoms with Crippen LogP contribution < -0.4 is 16.0 Å². The number of ether oxygens (including phenoxy) is 2. The molecule has 1 aliphatic carbocycles. The topological polar surface area (TPSA) is 123 Å². The quantitative estimate of drug-likeness (QED) is 0.610. The summed E-state index contributed by atoms with van der Waals surface area (Å²) >= 11 is 0. The minimum absolute atomic E-state index is 0.0318. The van der Waals surface area contributed by atoms with Gasteiger partial charge in [-0.25, -0.2) is 14.4 Å². The van der Waals surface area contributed by atoms with Gasteiger partial charge in [0.05, 0.1) is 5.56 Å². The lowest BCUT2D eigenvalue weighted by Gasteiger charge is -2.29. The summed E-state index contributed by atoms with van der Waals surface area (Å²) in [6.07, 6.45) is 3.45. The molecule has 0 spiro atoms. The highest BCUT2D eigenvalue weighted by molar-refractivity contribution is 5.97. The molecule has 3 N–H and O–H groups in total. The van der Waals surface area contributed by atoms with E-state index in [0.29, 0.717) is 11.6 Å². The number of amides is 4. The van der Waals surface area contributed by atoms with Crippen LogP contribution in [0.3, 0.4) is 0 Å². The molecule has 9 nitrogen and oxygen atoms in total. The van der Waals surface area contributed by atoms with Gasteiger partial charge in [-0.2, -0.15) is 0 Å². The molecule has 0 bridgehead atoms. The Morgan fingerprint density at radius 3 is 2.48 bits per heavy atom. The molecule has 1 saturated carbocycles. The predicted octanol–water partition coefficient (Wildman–Crippen LogP) is 3.59. The zero-order valence-electron chi connectivity index (χ0n) is 18.4. The second-order valence-corrected chi connectivity index (χ2v) is 8.67. The van der Waals surface area contributed by atoms with Crippen LogP contribution in [-0.2, 0) is 14.3 Å². The Labute approximate surface area is 182 Å². The summed E-state index contributed by atoms with van der Waals surface area (Å²) in [4.78, 5) is 48.0. The van der Waals surface area contributed by atoms with E-state index in [1.165, 1.54) is 12.1 Å². The first kappa shape index (κ1) is 24.2. The maximum atomic E-state index is 12.2. The van der Waals surface area contributed by atoms with Gasteiger partial charge in [-0.05, 0) is 57.7 Å². The maximum absolute atomic E-state index is 12.2. The number of urea groups is 1. The van der Waals surface area contributed by atoms with Gasteiger partial charge in [-0.15, -0.1) is 0 Å². The summed E-state index contributed by atoms with van der Waals surface area (Å²) in [6, 6.07) is 5.47. The lowest BCUT2D eigenvalue weighted by Crippen LogP contribution is -2.48. The average molecular weight is 434 g/mol. The van der Waals surface area contributed by atoms with Crippen molar-refractivity contribution in [1.29, 1.82) is 0 Å². The standard InChI is InChI=1S/C22H31N3O6/c1-14-8-5-6-11-17(14)24-20(28)25-18(26)13-30-19(27)15-9-7-10-16(12-15)23-21(29)31-22(2,3)4/h7,9-10,12,14,17H,5-6,8,11,13H2,1-4H3,(H,23,29)(H2,24,25,26,28). The average Bonchev–Trinajstić information content (AvgIpc) is 2.66. The molecule has 0 saturated heterocycles. The van der Waals surface area contributed by atoms with Crippen LogP contribution in [0.2, 0.25) is 0 Å². The summed E-state index contributed by atoms with van der Waals surface area (Å²) in [5, 5.41) is 7.50. The van der Waals surface area contributed by atoms with Gasteiger partial charge in [-0.1, -0.05) is 25.8 Å². The van der Waals surface area contributed by atoms with Crippen molar-refractivity contribution in [2.75, 3.05) is 11.9 Å². The molecule has 0 aliphatic heterocycles. The van der Waals surface area contributed by atoms with E-state index in [9.17, 15) is 19.2 Å². The number of carbonyl (C=O) groups is 4. The highest BCUT2D eigenvalue weighted by Crippen LogP contribution is 2.23. The van der Waals surface area contributed by atoms with Crippen molar-refractivity contribution in [2.45, 2.75) is 65.0 Å². The molecule has 1 fully saturated rings. The van der Waals surface area contributed by atoms with Gasteiger partial charge in [0, 0.05) is 11.7 Å². The number of hydrogen-bond donors (Lipinski definition) is 3. The Hall–Kier alpha value is -3.10.